The van der Waals surface area contributed by atoms with Gasteiger partial charge in [0.2, 0.25) is 0 Å². The SMILES string of the molecule is Cc1ccnc(OCC(=O)Nc2ccccc2)n1. The first-order chi connectivity index (χ1) is 8.74. The third kappa shape index (κ3) is 3.55. The molecule has 0 saturated carbocycles. The topological polar surface area (TPSA) is 64.1 Å². The van der Waals surface area contributed by atoms with Crippen LogP contribution in [0.2, 0.25) is 0 Å². The summed E-state index contributed by atoms with van der Waals surface area (Å²) in [4.78, 5) is 19.5. The lowest BCUT2D eigenvalue weighted by Crippen LogP contribution is -2.20. The maximum Gasteiger partial charge on any atom is 0.317 e. The Morgan fingerprint density at radius 2 is 2.06 bits per heavy atom. The Balaban J connectivity index is 1.85. The van der Waals surface area contributed by atoms with E-state index in [1.54, 1.807) is 24.4 Å². The number of benzene rings is 1. The van der Waals surface area contributed by atoms with E-state index in [1.165, 1.54) is 0 Å². The number of rotatable bonds is 4. The number of nitrogens with zero attached hydrogens (tertiary/aromatic N) is 2. The number of ether oxygens (including phenoxy) is 1. The lowest BCUT2D eigenvalue weighted by molar-refractivity contribution is -0.118. The van der Waals surface area contributed by atoms with Gasteiger partial charge >= 0.3 is 6.01 Å². The van der Waals surface area contributed by atoms with E-state index in [-0.39, 0.29) is 18.5 Å². The number of carbonyl (C=O) groups excluding carboxylic acids is 1. The molecule has 0 aliphatic carbocycles. The van der Waals surface area contributed by atoms with Gasteiger partial charge in [0.25, 0.3) is 5.91 Å². The van der Waals surface area contributed by atoms with Gasteiger partial charge in [0, 0.05) is 17.6 Å². The first kappa shape index (κ1) is 12.0. The van der Waals surface area contributed by atoms with E-state index < -0.39 is 0 Å². The molecule has 0 saturated heterocycles. The number of carbonyl (C=O) groups is 1. The minimum Gasteiger partial charge on any atom is -0.453 e. The number of aromatic nitrogens is 2. The van der Waals surface area contributed by atoms with Crippen molar-refractivity contribution in [2.45, 2.75) is 6.92 Å². The first-order valence-electron chi connectivity index (χ1n) is 5.51. The smallest absolute Gasteiger partial charge is 0.317 e. The zero-order valence-electron chi connectivity index (χ0n) is 9.96. The average Bonchev–Trinajstić information content (AvgIpc) is 2.38. The van der Waals surface area contributed by atoms with Gasteiger partial charge in [-0.15, -0.1) is 0 Å². The van der Waals surface area contributed by atoms with Gasteiger partial charge in [-0.1, -0.05) is 18.2 Å². The van der Waals surface area contributed by atoms with Gasteiger partial charge in [0.15, 0.2) is 6.61 Å². The molecule has 18 heavy (non-hydrogen) atoms. The predicted octanol–water partition coefficient (Wildman–Crippen LogP) is 1.80. The van der Waals surface area contributed by atoms with E-state index in [4.69, 9.17) is 4.74 Å². The molecule has 2 aromatic rings. The van der Waals surface area contributed by atoms with Gasteiger partial charge in [-0.2, -0.15) is 0 Å². The van der Waals surface area contributed by atoms with Crippen molar-refractivity contribution in [1.29, 1.82) is 0 Å². The summed E-state index contributed by atoms with van der Waals surface area (Å²) in [5.74, 6) is -0.244. The Labute approximate surface area is 105 Å². The van der Waals surface area contributed by atoms with Crippen molar-refractivity contribution < 1.29 is 9.53 Å². The van der Waals surface area contributed by atoms with E-state index in [9.17, 15) is 4.79 Å². The molecule has 0 radical (unpaired) electrons. The normalized spacial score (nSPS) is 9.83. The number of nitrogens with one attached hydrogen (secondary N) is 1. The molecule has 0 spiro atoms. The molecule has 0 atom stereocenters. The molecule has 5 heteroatoms. The van der Waals surface area contributed by atoms with Gasteiger partial charge < -0.3 is 10.1 Å². The van der Waals surface area contributed by atoms with Crippen molar-refractivity contribution in [3.05, 3.63) is 48.3 Å². The molecule has 5 nitrogen and oxygen atoms in total. The number of hydrogen-bond acceptors (Lipinski definition) is 4. The van der Waals surface area contributed by atoms with Crippen LogP contribution < -0.4 is 10.1 Å². The van der Waals surface area contributed by atoms with E-state index in [2.05, 4.69) is 15.3 Å². The van der Waals surface area contributed by atoms with Crippen LogP contribution in [0, 0.1) is 6.92 Å². The minimum absolute atomic E-state index is 0.113. The quantitative estimate of drug-likeness (QED) is 0.889. The fourth-order valence-electron chi connectivity index (χ4n) is 1.34. The number of amides is 1. The standard InChI is InChI=1S/C13H13N3O2/c1-10-7-8-14-13(15-10)18-9-12(17)16-11-5-3-2-4-6-11/h2-8H,9H2,1H3,(H,16,17). The molecule has 0 aliphatic rings. The lowest BCUT2D eigenvalue weighted by atomic mass is 10.3. The van der Waals surface area contributed by atoms with E-state index in [0.717, 1.165) is 11.4 Å². The molecule has 0 fully saturated rings. The van der Waals surface area contributed by atoms with Crippen molar-refractivity contribution >= 4 is 11.6 Å². The molecule has 1 N–H and O–H groups in total. The van der Waals surface area contributed by atoms with Crippen LogP contribution in [0.4, 0.5) is 5.69 Å². The van der Waals surface area contributed by atoms with Gasteiger partial charge in [-0.3, -0.25) is 4.79 Å². The Kier molecular flexibility index (Phi) is 3.86. The highest BCUT2D eigenvalue weighted by Crippen LogP contribution is 2.05. The molecule has 1 aromatic carbocycles. The number of aryl methyl sites for hydroxylation is 1. The molecule has 2 rings (SSSR count). The maximum absolute atomic E-state index is 11.6. The highest BCUT2D eigenvalue weighted by atomic mass is 16.5. The molecule has 92 valence electrons. The van der Waals surface area contributed by atoms with E-state index in [0.29, 0.717) is 0 Å². The Morgan fingerprint density at radius 1 is 1.28 bits per heavy atom. The van der Waals surface area contributed by atoms with Crippen LogP contribution in [-0.2, 0) is 4.79 Å². The third-order valence-electron chi connectivity index (χ3n) is 2.16. The highest BCUT2D eigenvalue weighted by Gasteiger charge is 2.04. The molecule has 0 bridgehead atoms. The van der Waals surface area contributed by atoms with Gasteiger partial charge in [0.1, 0.15) is 0 Å². The average molecular weight is 243 g/mol. The van der Waals surface area contributed by atoms with Crippen molar-refractivity contribution in [2.75, 3.05) is 11.9 Å². The van der Waals surface area contributed by atoms with Crippen LogP contribution in [0.1, 0.15) is 5.69 Å². The van der Waals surface area contributed by atoms with E-state index in [1.807, 2.05) is 25.1 Å². The van der Waals surface area contributed by atoms with Crippen LogP contribution in [0.25, 0.3) is 0 Å². The molecule has 0 aliphatic heterocycles. The first-order valence-corrected chi connectivity index (χ1v) is 5.51. The van der Waals surface area contributed by atoms with E-state index >= 15 is 0 Å². The summed E-state index contributed by atoms with van der Waals surface area (Å²) in [6, 6.07) is 11.2. The Bertz CT molecular complexity index is 529. The molecule has 1 heterocycles. The second kappa shape index (κ2) is 5.77. The number of hydrogen-bond donors (Lipinski definition) is 1. The summed E-state index contributed by atoms with van der Waals surface area (Å²) in [7, 11) is 0. The van der Waals surface area contributed by atoms with Crippen LogP contribution in [0.3, 0.4) is 0 Å². The van der Waals surface area contributed by atoms with Crippen molar-refractivity contribution in [2.24, 2.45) is 0 Å². The maximum atomic E-state index is 11.6. The van der Waals surface area contributed by atoms with Crippen molar-refractivity contribution in [3.63, 3.8) is 0 Å². The van der Waals surface area contributed by atoms with Gasteiger partial charge in [-0.05, 0) is 25.1 Å². The fourth-order valence-corrected chi connectivity index (χ4v) is 1.34. The monoisotopic (exact) mass is 243 g/mol. The summed E-state index contributed by atoms with van der Waals surface area (Å²) >= 11 is 0. The van der Waals surface area contributed by atoms with Crippen molar-refractivity contribution in [3.8, 4) is 6.01 Å². The molecule has 1 aromatic heterocycles. The molecule has 0 unspecified atom stereocenters. The summed E-state index contributed by atoms with van der Waals surface area (Å²) in [5, 5.41) is 2.71. The second-order valence-electron chi connectivity index (χ2n) is 3.68. The number of para-hydroxylation sites is 1. The third-order valence-corrected chi connectivity index (χ3v) is 2.16. The second-order valence-corrected chi connectivity index (χ2v) is 3.68. The molecular weight excluding hydrogens is 230 g/mol. The zero-order chi connectivity index (χ0) is 12.8. The van der Waals surface area contributed by atoms with Crippen LogP contribution >= 0.6 is 0 Å². The minimum atomic E-state index is -0.244. The fraction of sp³-hybridized carbons (Fsp3) is 0.154. The van der Waals surface area contributed by atoms with Crippen molar-refractivity contribution in [1.82, 2.24) is 9.97 Å². The Hall–Kier alpha value is -2.43. The summed E-state index contributed by atoms with van der Waals surface area (Å²) < 4.78 is 5.19. The lowest BCUT2D eigenvalue weighted by Gasteiger charge is -2.06. The largest absolute Gasteiger partial charge is 0.453 e. The van der Waals surface area contributed by atoms with Crippen LogP contribution in [-0.4, -0.2) is 22.5 Å². The van der Waals surface area contributed by atoms with Crippen LogP contribution in [0.5, 0.6) is 6.01 Å². The highest BCUT2D eigenvalue weighted by molar-refractivity contribution is 5.91. The van der Waals surface area contributed by atoms with Gasteiger partial charge in [-0.25, -0.2) is 9.97 Å². The summed E-state index contributed by atoms with van der Waals surface area (Å²) in [6.07, 6.45) is 1.59. The van der Waals surface area contributed by atoms with Crippen LogP contribution in [0.15, 0.2) is 42.6 Å². The predicted molar refractivity (Wildman–Crippen MR) is 67.3 cm³/mol. The van der Waals surface area contributed by atoms with Gasteiger partial charge in [0.05, 0.1) is 0 Å². The number of anilines is 1. The summed E-state index contributed by atoms with van der Waals surface area (Å²) in [6.45, 7) is 1.72. The Morgan fingerprint density at radius 3 is 2.78 bits per heavy atom. The molecule has 1 amide bonds. The molecular formula is C13H13N3O2. The summed E-state index contributed by atoms with van der Waals surface area (Å²) in [5.41, 5.74) is 1.53. The zero-order valence-corrected chi connectivity index (χ0v) is 9.96.